The Morgan fingerprint density at radius 2 is 0.926 bits per heavy atom. The summed E-state index contributed by atoms with van der Waals surface area (Å²) in [5.41, 5.74) is -0.324. The highest BCUT2D eigenvalue weighted by molar-refractivity contribution is 5.36. The van der Waals surface area contributed by atoms with Crippen molar-refractivity contribution >= 4 is 5.69 Å². The molecule has 4 fully saturated rings. The van der Waals surface area contributed by atoms with Gasteiger partial charge in [0.2, 0.25) is 6.29 Å². The van der Waals surface area contributed by atoms with Gasteiger partial charge >= 0.3 is 0 Å². The van der Waals surface area contributed by atoms with Gasteiger partial charge in [-0.2, -0.15) is 0 Å². The standard InChI is InChI=1S/C30H45NO23/c32-5-11-15(35)18(38)21(41)27(49-11)47-8-14-25(53-28-22(42)19(39)16(36)12(6-33)50-28)26(54-29-23(43)20(40)17(37)13(7-34)51-29)24(44)30(52-14)48-10-3-1-9(2-4-10)31(45)46/h1-4,11-30,32-44H,5-8H2/t11-,12-,13-,14-,15-,16-,17-,18+,19+,20+,21+,22+,23+,24+,25-,26-,27+,28-,29-,30-/m1/s1. The first-order valence-electron chi connectivity index (χ1n) is 16.7. The topological polar surface area (TPSA) is 380 Å². The molecule has 4 heterocycles. The van der Waals surface area contributed by atoms with Crippen LogP contribution in [0.5, 0.6) is 5.75 Å². The van der Waals surface area contributed by atoms with Crippen LogP contribution in [0, 0.1) is 10.1 Å². The average Bonchev–Trinajstić information content (AvgIpc) is 3.16. The van der Waals surface area contributed by atoms with Crippen LogP contribution in [0.1, 0.15) is 0 Å². The number of nitro benzene ring substituents is 1. The Morgan fingerprint density at radius 3 is 1.37 bits per heavy atom. The average molecular weight is 788 g/mol. The van der Waals surface area contributed by atoms with E-state index < -0.39 is 154 Å². The fourth-order valence-corrected chi connectivity index (χ4v) is 6.29. The zero-order valence-corrected chi connectivity index (χ0v) is 28.0. The fraction of sp³-hybridized carbons (Fsp3) is 0.800. The Morgan fingerprint density at radius 1 is 0.519 bits per heavy atom. The monoisotopic (exact) mass is 787 g/mol. The molecule has 4 aliphatic rings. The van der Waals surface area contributed by atoms with E-state index in [1.54, 1.807) is 0 Å². The molecule has 0 radical (unpaired) electrons. The number of ether oxygens (including phenoxy) is 8. The van der Waals surface area contributed by atoms with E-state index in [1.807, 2.05) is 0 Å². The molecule has 0 aliphatic carbocycles. The maximum Gasteiger partial charge on any atom is 0.269 e. The van der Waals surface area contributed by atoms with Crippen LogP contribution in [0.4, 0.5) is 5.69 Å². The highest BCUT2D eigenvalue weighted by Gasteiger charge is 2.55. The summed E-state index contributed by atoms with van der Waals surface area (Å²) in [7, 11) is 0. The third-order valence-corrected chi connectivity index (χ3v) is 9.47. The second-order valence-corrected chi connectivity index (χ2v) is 13.0. The van der Waals surface area contributed by atoms with Gasteiger partial charge in [0.1, 0.15) is 103 Å². The van der Waals surface area contributed by atoms with Crippen LogP contribution < -0.4 is 4.74 Å². The van der Waals surface area contributed by atoms with Gasteiger partial charge in [-0.15, -0.1) is 0 Å². The number of aliphatic hydroxyl groups excluding tert-OH is 13. The summed E-state index contributed by atoms with van der Waals surface area (Å²) in [6.07, 6.45) is -36.7. The second-order valence-electron chi connectivity index (χ2n) is 13.0. The highest BCUT2D eigenvalue weighted by atomic mass is 16.8. The van der Waals surface area contributed by atoms with Crippen LogP contribution in [0.3, 0.4) is 0 Å². The maximum atomic E-state index is 11.7. The van der Waals surface area contributed by atoms with Crippen LogP contribution in [-0.2, 0) is 33.2 Å². The lowest BCUT2D eigenvalue weighted by Gasteiger charge is -2.49. The Hall–Kier alpha value is -2.38. The summed E-state index contributed by atoms with van der Waals surface area (Å²) in [5.74, 6) is -0.113. The molecule has 4 saturated heterocycles. The lowest BCUT2D eigenvalue weighted by molar-refractivity contribution is -0.386. The van der Waals surface area contributed by atoms with Crippen LogP contribution in [-0.4, -0.2) is 221 Å². The van der Waals surface area contributed by atoms with E-state index in [9.17, 15) is 76.5 Å². The number of hydrogen-bond acceptors (Lipinski definition) is 23. The lowest BCUT2D eigenvalue weighted by atomic mass is 9.95. The molecule has 4 aliphatic heterocycles. The largest absolute Gasteiger partial charge is 0.462 e. The number of nitro groups is 1. The molecule has 24 nitrogen and oxygen atoms in total. The van der Waals surface area contributed by atoms with Crippen molar-refractivity contribution < 1.29 is 109 Å². The third kappa shape index (κ3) is 8.93. The maximum absolute atomic E-state index is 11.7. The molecule has 0 amide bonds. The van der Waals surface area contributed by atoms with Gasteiger partial charge in [-0.3, -0.25) is 10.1 Å². The van der Waals surface area contributed by atoms with E-state index in [4.69, 9.17) is 37.9 Å². The number of aliphatic hydroxyl groups is 13. The summed E-state index contributed by atoms with van der Waals surface area (Å²) >= 11 is 0. The minimum Gasteiger partial charge on any atom is -0.462 e. The molecule has 1 aromatic carbocycles. The second kappa shape index (κ2) is 18.3. The minimum atomic E-state index is -2.05. The molecule has 13 N–H and O–H groups in total. The molecular formula is C30H45NO23. The van der Waals surface area contributed by atoms with Crippen molar-refractivity contribution in [2.24, 2.45) is 0 Å². The first-order valence-corrected chi connectivity index (χ1v) is 16.7. The molecule has 0 bridgehead atoms. The number of non-ortho nitro benzene ring substituents is 1. The smallest absolute Gasteiger partial charge is 0.269 e. The molecule has 0 saturated carbocycles. The van der Waals surface area contributed by atoms with Gasteiger partial charge in [-0.25, -0.2) is 0 Å². The molecule has 1 aromatic rings. The zero-order chi connectivity index (χ0) is 39.6. The van der Waals surface area contributed by atoms with Gasteiger partial charge in [-0.1, -0.05) is 0 Å². The van der Waals surface area contributed by atoms with Gasteiger partial charge in [0.15, 0.2) is 18.9 Å². The molecule has 0 aromatic heterocycles. The predicted molar refractivity (Wildman–Crippen MR) is 165 cm³/mol. The molecule has 54 heavy (non-hydrogen) atoms. The van der Waals surface area contributed by atoms with Crippen molar-refractivity contribution in [3.05, 3.63) is 34.4 Å². The van der Waals surface area contributed by atoms with Crippen molar-refractivity contribution in [3.63, 3.8) is 0 Å². The normalized spacial score (nSPS) is 45.9. The van der Waals surface area contributed by atoms with Crippen LogP contribution in [0.15, 0.2) is 24.3 Å². The van der Waals surface area contributed by atoms with E-state index in [2.05, 4.69) is 0 Å². The Balaban J connectivity index is 1.51. The van der Waals surface area contributed by atoms with Crippen molar-refractivity contribution in [1.82, 2.24) is 0 Å². The third-order valence-electron chi connectivity index (χ3n) is 9.47. The van der Waals surface area contributed by atoms with Gasteiger partial charge in [-0.05, 0) is 12.1 Å². The lowest BCUT2D eigenvalue weighted by Crippen LogP contribution is -2.68. The Labute approximate surface area is 304 Å². The Bertz CT molecular complexity index is 1340. The van der Waals surface area contributed by atoms with Crippen LogP contribution in [0.25, 0.3) is 0 Å². The SMILES string of the molecule is O=[N+]([O-])c1ccc(O[C@@H]2O[C@H](CO[C@H]3O[C@H](CO)[C@@H](O)[C@H](O)[C@@H]3O)[C@@H](O[C@H]3O[C@H](CO)[C@@H](O)[C@H](O)[C@@H]3O)[C@H](O[C@H]3O[C@H](CO)[C@@H](O)[C@H](O)[C@@H]3O)[C@@H]2O)cc1. The van der Waals surface area contributed by atoms with E-state index in [0.29, 0.717) is 0 Å². The van der Waals surface area contributed by atoms with E-state index in [0.717, 1.165) is 24.3 Å². The Kier molecular flexibility index (Phi) is 14.5. The van der Waals surface area contributed by atoms with Gasteiger partial charge in [0.25, 0.3) is 5.69 Å². The highest BCUT2D eigenvalue weighted by Crippen LogP contribution is 2.35. The van der Waals surface area contributed by atoms with Crippen LogP contribution in [0.2, 0.25) is 0 Å². The van der Waals surface area contributed by atoms with Gasteiger partial charge < -0.3 is 104 Å². The molecule has 5 rings (SSSR count). The summed E-state index contributed by atoms with van der Waals surface area (Å²) in [6.45, 7) is -3.38. The van der Waals surface area contributed by atoms with E-state index >= 15 is 0 Å². The summed E-state index contributed by atoms with van der Waals surface area (Å²) in [5, 5.41) is 146. The van der Waals surface area contributed by atoms with Crippen molar-refractivity contribution in [1.29, 1.82) is 0 Å². The number of benzene rings is 1. The zero-order valence-electron chi connectivity index (χ0n) is 28.0. The molecule has 24 heteroatoms. The number of rotatable bonds is 13. The minimum absolute atomic E-state index is 0.113. The molecule has 308 valence electrons. The molecule has 0 spiro atoms. The molecule has 20 atom stereocenters. The summed E-state index contributed by atoms with van der Waals surface area (Å²) in [4.78, 5) is 10.5. The van der Waals surface area contributed by atoms with Crippen molar-refractivity contribution in [2.45, 2.75) is 123 Å². The summed E-state index contributed by atoms with van der Waals surface area (Å²) < 4.78 is 45.6. The first-order chi connectivity index (χ1) is 25.6. The fourth-order valence-electron chi connectivity index (χ4n) is 6.29. The van der Waals surface area contributed by atoms with E-state index in [1.165, 1.54) is 0 Å². The van der Waals surface area contributed by atoms with E-state index in [-0.39, 0.29) is 11.4 Å². The van der Waals surface area contributed by atoms with Gasteiger partial charge in [0, 0.05) is 12.1 Å². The quantitative estimate of drug-likeness (QED) is 0.0652. The molecular weight excluding hydrogens is 742 g/mol. The van der Waals surface area contributed by atoms with Crippen molar-refractivity contribution in [3.8, 4) is 5.75 Å². The van der Waals surface area contributed by atoms with Crippen molar-refractivity contribution in [2.75, 3.05) is 26.4 Å². The van der Waals surface area contributed by atoms with Crippen LogP contribution >= 0.6 is 0 Å². The first kappa shape index (κ1) is 42.8. The number of nitrogens with zero attached hydrogens (tertiary/aromatic N) is 1. The molecule has 0 unspecified atom stereocenters. The predicted octanol–water partition coefficient (Wildman–Crippen LogP) is -7.75. The van der Waals surface area contributed by atoms with Gasteiger partial charge in [0.05, 0.1) is 31.4 Å². The number of hydrogen-bond donors (Lipinski definition) is 13. The summed E-state index contributed by atoms with van der Waals surface area (Å²) in [6, 6.07) is 4.43.